The second-order valence-corrected chi connectivity index (χ2v) is 9.10. The average molecular weight is 448 g/mol. The Hall–Kier alpha value is -2.73. The van der Waals surface area contributed by atoms with Crippen LogP contribution < -0.4 is 16.0 Å². The number of ether oxygens (including phenoxy) is 1. The zero-order valence-corrected chi connectivity index (χ0v) is 19.2. The largest absolute Gasteiger partial charge is 0.444 e. The van der Waals surface area contributed by atoms with Gasteiger partial charge in [0.25, 0.3) is 0 Å². The van der Waals surface area contributed by atoms with E-state index in [1.165, 1.54) is 12.1 Å². The summed E-state index contributed by atoms with van der Waals surface area (Å²) in [4.78, 5) is 12.2. The fourth-order valence-corrected chi connectivity index (χ4v) is 3.71. The predicted octanol–water partition coefficient (Wildman–Crippen LogP) is 5.17. The lowest BCUT2D eigenvalue weighted by molar-refractivity contribution is 0.0488. The number of anilines is 2. The van der Waals surface area contributed by atoms with Crippen molar-refractivity contribution < 1.29 is 13.9 Å². The summed E-state index contributed by atoms with van der Waals surface area (Å²) < 4.78 is 20.1. The molecule has 0 aliphatic heterocycles. The van der Waals surface area contributed by atoms with Crippen LogP contribution in [-0.4, -0.2) is 29.5 Å². The fourth-order valence-electron chi connectivity index (χ4n) is 3.39. The molecule has 2 atom stereocenters. The van der Waals surface area contributed by atoms with Crippen LogP contribution in [0.5, 0.6) is 0 Å². The maximum Gasteiger partial charge on any atom is 0.407 e. The van der Waals surface area contributed by atoms with Crippen molar-refractivity contribution >= 4 is 35.8 Å². The number of rotatable bonds is 6. The smallest absolute Gasteiger partial charge is 0.407 e. The van der Waals surface area contributed by atoms with E-state index >= 15 is 0 Å². The molecule has 31 heavy (non-hydrogen) atoms. The van der Waals surface area contributed by atoms with E-state index in [1.54, 1.807) is 27.7 Å². The van der Waals surface area contributed by atoms with E-state index < -0.39 is 17.5 Å². The van der Waals surface area contributed by atoms with E-state index in [1.807, 2.05) is 6.07 Å². The number of alkyl carbamates (subject to hydrolysis) is 1. The first kappa shape index (κ1) is 24.5. The van der Waals surface area contributed by atoms with Crippen molar-refractivity contribution in [2.75, 3.05) is 10.6 Å². The second-order valence-electron chi connectivity index (χ2n) is 8.62. The Balaban J connectivity index is 2.22. The molecule has 0 saturated heterocycles. The normalized spacial score (nSPS) is 19.2. The Morgan fingerprint density at radius 2 is 1.94 bits per heavy atom. The number of carbonyl (C=O) groups is 1. The van der Waals surface area contributed by atoms with Crippen molar-refractivity contribution in [3.63, 3.8) is 0 Å². The van der Waals surface area contributed by atoms with Gasteiger partial charge in [0.1, 0.15) is 17.5 Å². The Labute approximate surface area is 188 Å². The molecule has 1 saturated carbocycles. The monoisotopic (exact) mass is 447 g/mol. The molecule has 2 rings (SSSR count). The van der Waals surface area contributed by atoms with Crippen LogP contribution in [0.3, 0.4) is 0 Å². The van der Waals surface area contributed by atoms with Gasteiger partial charge in [-0.1, -0.05) is 12.8 Å². The van der Waals surface area contributed by atoms with E-state index in [-0.39, 0.29) is 29.0 Å². The number of halogens is 1. The topological polar surface area (TPSA) is 110 Å². The molecule has 1 aliphatic carbocycles. The summed E-state index contributed by atoms with van der Waals surface area (Å²) in [6.07, 6.45) is 4.41. The lowest BCUT2D eigenvalue weighted by Crippen LogP contribution is -2.49. The highest BCUT2D eigenvalue weighted by Crippen LogP contribution is 2.29. The molecule has 0 bridgehead atoms. The van der Waals surface area contributed by atoms with E-state index in [9.17, 15) is 14.4 Å². The standard InChI is InChI=1S/C22H30FN5O2S/c1-13(25)9-20(31)27-18-11-19(15(23)10-14(18)12-24)26-16-7-5-6-8-17(16)28-21(29)30-22(2,3)4/h9-11,16-17,25-27,31H,5-8H2,1-4H3,(H,28,29)/b20-9-,25-13?/t16-,17+/m1/s1. The lowest BCUT2D eigenvalue weighted by Gasteiger charge is -2.34. The molecule has 0 spiro atoms. The highest BCUT2D eigenvalue weighted by molar-refractivity contribution is 7.84. The number of thiol groups is 1. The molecule has 1 aromatic carbocycles. The first-order valence-electron chi connectivity index (χ1n) is 10.2. The van der Waals surface area contributed by atoms with Crippen molar-refractivity contribution in [3.8, 4) is 6.07 Å². The van der Waals surface area contributed by atoms with Crippen LogP contribution in [0.15, 0.2) is 23.2 Å². The van der Waals surface area contributed by atoms with E-state index in [4.69, 9.17) is 10.1 Å². The summed E-state index contributed by atoms with van der Waals surface area (Å²) in [7, 11) is 0. The average Bonchev–Trinajstić information content (AvgIpc) is 2.63. The summed E-state index contributed by atoms with van der Waals surface area (Å²) >= 11 is 4.27. The third-order valence-electron chi connectivity index (χ3n) is 4.65. The summed E-state index contributed by atoms with van der Waals surface area (Å²) in [5.74, 6) is -0.559. The first-order chi connectivity index (χ1) is 14.5. The van der Waals surface area contributed by atoms with Crippen molar-refractivity contribution in [3.05, 3.63) is 34.6 Å². The van der Waals surface area contributed by atoms with Crippen LogP contribution in [0, 0.1) is 22.6 Å². The van der Waals surface area contributed by atoms with E-state index in [0.29, 0.717) is 10.7 Å². The van der Waals surface area contributed by atoms with Gasteiger partial charge >= 0.3 is 6.09 Å². The quantitative estimate of drug-likeness (QED) is 0.305. The van der Waals surface area contributed by atoms with Crippen molar-refractivity contribution in [1.29, 1.82) is 10.7 Å². The van der Waals surface area contributed by atoms with Crippen LogP contribution in [0.2, 0.25) is 0 Å². The molecule has 0 radical (unpaired) electrons. The zero-order valence-electron chi connectivity index (χ0n) is 18.3. The van der Waals surface area contributed by atoms with Gasteiger partial charge in [-0.3, -0.25) is 0 Å². The second kappa shape index (κ2) is 10.5. The van der Waals surface area contributed by atoms with Gasteiger partial charge < -0.3 is 26.1 Å². The van der Waals surface area contributed by atoms with E-state index in [2.05, 4.69) is 28.6 Å². The Morgan fingerprint density at radius 1 is 1.29 bits per heavy atom. The molecule has 7 nitrogen and oxygen atoms in total. The minimum Gasteiger partial charge on any atom is -0.444 e. The number of nitrogens with one attached hydrogen (secondary N) is 4. The summed E-state index contributed by atoms with van der Waals surface area (Å²) in [6, 6.07) is 4.23. The fraction of sp³-hybridized carbons (Fsp3) is 0.500. The molecule has 4 N–H and O–H groups in total. The van der Waals surface area contributed by atoms with Gasteiger partial charge in [0, 0.05) is 11.8 Å². The van der Waals surface area contributed by atoms with Gasteiger partial charge in [0.2, 0.25) is 0 Å². The van der Waals surface area contributed by atoms with Crippen LogP contribution in [-0.2, 0) is 4.74 Å². The molecule has 0 heterocycles. The van der Waals surface area contributed by atoms with Crippen LogP contribution in [0.1, 0.15) is 58.9 Å². The lowest BCUT2D eigenvalue weighted by atomic mass is 9.90. The molecule has 0 unspecified atom stereocenters. The van der Waals surface area contributed by atoms with Crippen molar-refractivity contribution in [2.24, 2.45) is 0 Å². The number of nitrogens with zero attached hydrogens (tertiary/aromatic N) is 1. The summed E-state index contributed by atoms with van der Waals surface area (Å²) in [5, 5.41) is 26.3. The first-order valence-corrected chi connectivity index (χ1v) is 10.7. The van der Waals surface area contributed by atoms with Crippen molar-refractivity contribution in [2.45, 2.75) is 71.1 Å². The number of benzene rings is 1. The van der Waals surface area contributed by atoms with Gasteiger partial charge in [-0.2, -0.15) is 5.26 Å². The number of hydrogen-bond acceptors (Lipinski definition) is 7. The number of allylic oxidation sites excluding steroid dienone is 1. The van der Waals surface area contributed by atoms with Crippen molar-refractivity contribution in [1.82, 2.24) is 5.32 Å². The number of carbonyl (C=O) groups excluding carboxylic acids is 1. The molecule has 1 amide bonds. The van der Waals surface area contributed by atoms with Gasteiger partial charge in [0.15, 0.2) is 0 Å². The number of hydrogen-bond donors (Lipinski definition) is 5. The molecule has 9 heteroatoms. The SMILES string of the molecule is CC(=N)/C=C(\S)Nc1cc(N[C@@H]2CCCC[C@@H]2NC(=O)OC(C)(C)C)c(F)cc1C#N. The third-order valence-corrected chi connectivity index (χ3v) is 4.89. The summed E-state index contributed by atoms with van der Waals surface area (Å²) in [6.45, 7) is 7.00. The summed E-state index contributed by atoms with van der Waals surface area (Å²) in [5.41, 5.74) is 0.403. The molecule has 1 fully saturated rings. The highest BCUT2D eigenvalue weighted by atomic mass is 32.1. The molecule has 168 valence electrons. The number of nitriles is 1. The predicted molar refractivity (Wildman–Crippen MR) is 124 cm³/mol. The Morgan fingerprint density at radius 3 is 2.52 bits per heavy atom. The van der Waals surface area contributed by atoms with Gasteiger partial charge in [-0.15, -0.1) is 12.6 Å². The third kappa shape index (κ3) is 7.79. The maximum absolute atomic E-state index is 14.7. The van der Waals surface area contributed by atoms with Crippen LogP contribution in [0.4, 0.5) is 20.6 Å². The van der Waals surface area contributed by atoms with Crippen LogP contribution in [0.25, 0.3) is 0 Å². The maximum atomic E-state index is 14.7. The minimum atomic E-state index is -0.603. The van der Waals surface area contributed by atoms with Crippen LogP contribution >= 0.6 is 12.6 Å². The minimum absolute atomic E-state index is 0.123. The van der Waals surface area contributed by atoms with Gasteiger partial charge in [-0.05, 0) is 58.7 Å². The highest BCUT2D eigenvalue weighted by Gasteiger charge is 2.29. The zero-order chi connectivity index (χ0) is 23.2. The molecular formula is C22H30FN5O2S. The van der Waals surface area contributed by atoms with Gasteiger partial charge in [0.05, 0.1) is 28.0 Å². The molecule has 1 aliphatic rings. The Kier molecular flexibility index (Phi) is 8.34. The molecule has 1 aromatic rings. The Bertz CT molecular complexity index is 904. The van der Waals surface area contributed by atoms with Gasteiger partial charge in [-0.25, -0.2) is 9.18 Å². The number of amides is 1. The molecule has 0 aromatic heterocycles. The van der Waals surface area contributed by atoms with E-state index in [0.717, 1.165) is 31.7 Å². The molecular weight excluding hydrogens is 417 g/mol.